The fraction of sp³-hybridized carbons (Fsp3) is 0.111. The van der Waals surface area contributed by atoms with E-state index >= 15 is 0 Å². The third-order valence-electron chi connectivity index (χ3n) is 3.45. The fourth-order valence-corrected chi connectivity index (χ4v) is 2.29. The highest BCUT2D eigenvalue weighted by Gasteiger charge is 2.16. The Bertz CT molecular complexity index is 790. The molecule has 0 heterocycles. The van der Waals surface area contributed by atoms with Crippen molar-refractivity contribution in [3.63, 3.8) is 0 Å². The summed E-state index contributed by atoms with van der Waals surface area (Å²) < 4.78 is 5.11. The van der Waals surface area contributed by atoms with Gasteiger partial charge in [0.05, 0.1) is 18.2 Å². The SMILES string of the molecule is COc1ccc(/C(=C/c2ccccc2C(=O)O)C(=O)O)c(C)c1. The van der Waals surface area contributed by atoms with Gasteiger partial charge in [0.25, 0.3) is 0 Å². The first-order valence-electron chi connectivity index (χ1n) is 6.86. The molecule has 118 valence electrons. The average molecular weight is 312 g/mol. The Labute approximate surface area is 133 Å². The predicted octanol–water partition coefficient (Wildman–Crippen LogP) is 3.33. The number of benzene rings is 2. The number of carboxylic acid groups (broad SMARTS) is 2. The van der Waals surface area contributed by atoms with Crippen LogP contribution in [0.25, 0.3) is 11.6 Å². The molecule has 5 heteroatoms. The van der Waals surface area contributed by atoms with E-state index in [-0.39, 0.29) is 11.1 Å². The molecule has 0 amide bonds. The first-order chi connectivity index (χ1) is 10.9. The van der Waals surface area contributed by atoms with E-state index in [1.54, 1.807) is 43.3 Å². The van der Waals surface area contributed by atoms with E-state index in [1.165, 1.54) is 19.3 Å². The molecule has 2 N–H and O–H groups in total. The van der Waals surface area contributed by atoms with Crippen LogP contribution in [0, 0.1) is 6.92 Å². The normalized spacial score (nSPS) is 11.1. The lowest BCUT2D eigenvalue weighted by Gasteiger charge is -2.10. The summed E-state index contributed by atoms with van der Waals surface area (Å²) in [4.78, 5) is 22.9. The molecule has 2 aromatic rings. The topological polar surface area (TPSA) is 83.8 Å². The smallest absolute Gasteiger partial charge is 0.336 e. The number of aryl methyl sites for hydroxylation is 1. The van der Waals surface area contributed by atoms with Crippen LogP contribution in [0.1, 0.15) is 27.0 Å². The van der Waals surface area contributed by atoms with E-state index in [0.717, 1.165) is 5.56 Å². The molecule has 0 bridgehead atoms. The van der Waals surface area contributed by atoms with Crippen molar-refractivity contribution in [1.82, 2.24) is 0 Å². The number of aromatic carboxylic acids is 1. The van der Waals surface area contributed by atoms with Gasteiger partial charge >= 0.3 is 11.9 Å². The Morgan fingerprint density at radius 1 is 1.04 bits per heavy atom. The molecule has 5 nitrogen and oxygen atoms in total. The quantitative estimate of drug-likeness (QED) is 0.653. The van der Waals surface area contributed by atoms with Crippen molar-refractivity contribution < 1.29 is 24.5 Å². The molecule has 0 atom stereocenters. The van der Waals surface area contributed by atoms with Crippen LogP contribution in [0.2, 0.25) is 0 Å². The van der Waals surface area contributed by atoms with Gasteiger partial charge in [0.2, 0.25) is 0 Å². The second kappa shape index (κ2) is 6.79. The summed E-state index contributed by atoms with van der Waals surface area (Å²) in [6.07, 6.45) is 1.38. The minimum Gasteiger partial charge on any atom is -0.497 e. The summed E-state index contributed by atoms with van der Waals surface area (Å²) in [6, 6.07) is 11.3. The van der Waals surface area contributed by atoms with Gasteiger partial charge in [-0.05, 0) is 47.9 Å². The van der Waals surface area contributed by atoms with E-state index in [0.29, 0.717) is 16.9 Å². The van der Waals surface area contributed by atoms with Gasteiger partial charge in [-0.25, -0.2) is 9.59 Å². The summed E-state index contributed by atoms with van der Waals surface area (Å²) in [7, 11) is 1.53. The number of ether oxygens (including phenoxy) is 1. The molecule has 0 fully saturated rings. The lowest BCUT2D eigenvalue weighted by molar-refractivity contribution is -0.130. The first-order valence-corrected chi connectivity index (χ1v) is 6.86. The van der Waals surface area contributed by atoms with Crippen molar-refractivity contribution in [2.45, 2.75) is 6.92 Å². The molecule has 0 aliphatic rings. The van der Waals surface area contributed by atoms with Crippen molar-refractivity contribution in [3.8, 4) is 5.75 Å². The summed E-state index contributed by atoms with van der Waals surface area (Å²) in [6.45, 7) is 1.78. The molecule has 0 radical (unpaired) electrons. The molecule has 0 aliphatic heterocycles. The Balaban J connectivity index is 2.60. The molecule has 0 spiro atoms. The van der Waals surface area contributed by atoms with Crippen LogP contribution in [0.4, 0.5) is 0 Å². The van der Waals surface area contributed by atoms with Crippen LogP contribution in [0.3, 0.4) is 0 Å². The molecule has 0 saturated heterocycles. The van der Waals surface area contributed by atoms with Crippen LogP contribution in [-0.2, 0) is 4.79 Å². The number of hydrogen-bond donors (Lipinski definition) is 2. The Hall–Kier alpha value is -3.08. The summed E-state index contributed by atoms with van der Waals surface area (Å²) in [5.41, 5.74) is 1.66. The molecule has 0 saturated carbocycles. The Morgan fingerprint density at radius 3 is 2.30 bits per heavy atom. The second-order valence-corrected chi connectivity index (χ2v) is 4.94. The van der Waals surface area contributed by atoms with Gasteiger partial charge in [0, 0.05) is 0 Å². The largest absolute Gasteiger partial charge is 0.497 e. The number of methoxy groups -OCH3 is 1. The zero-order chi connectivity index (χ0) is 17.0. The summed E-state index contributed by atoms with van der Waals surface area (Å²) >= 11 is 0. The van der Waals surface area contributed by atoms with Crippen LogP contribution in [-0.4, -0.2) is 29.3 Å². The van der Waals surface area contributed by atoms with E-state index in [2.05, 4.69) is 0 Å². The predicted molar refractivity (Wildman–Crippen MR) is 86.6 cm³/mol. The molecular weight excluding hydrogens is 296 g/mol. The van der Waals surface area contributed by atoms with Gasteiger partial charge in [-0.1, -0.05) is 24.3 Å². The lowest BCUT2D eigenvalue weighted by atomic mass is 9.96. The molecule has 23 heavy (non-hydrogen) atoms. The first kappa shape index (κ1) is 16.3. The van der Waals surface area contributed by atoms with Crippen LogP contribution in [0.5, 0.6) is 5.75 Å². The molecule has 2 rings (SSSR count). The van der Waals surface area contributed by atoms with Crippen molar-refractivity contribution >= 4 is 23.6 Å². The highest BCUT2D eigenvalue weighted by molar-refractivity contribution is 6.21. The maximum Gasteiger partial charge on any atom is 0.336 e. The number of rotatable bonds is 5. The third kappa shape index (κ3) is 3.58. The van der Waals surface area contributed by atoms with Gasteiger partial charge < -0.3 is 14.9 Å². The van der Waals surface area contributed by atoms with E-state index < -0.39 is 11.9 Å². The fourth-order valence-electron chi connectivity index (χ4n) is 2.29. The van der Waals surface area contributed by atoms with Crippen LogP contribution < -0.4 is 4.74 Å². The average Bonchev–Trinajstić information content (AvgIpc) is 2.52. The highest BCUT2D eigenvalue weighted by Crippen LogP contribution is 2.26. The second-order valence-electron chi connectivity index (χ2n) is 4.94. The summed E-state index contributed by atoms with van der Waals surface area (Å²) in [5.74, 6) is -1.60. The summed E-state index contributed by atoms with van der Waals surface area (Å²) in [5, 5.41) is 18.7. The zero-order valence-electron chi connectivity index (χ0n) is 12.7. The van der Waals surface area contributed by atoms with E-state index in [1.807, 2.05) is 0 Å². The van der Waals surface area contributed by atoms with Gasteiger partial charge in [0.15, 0.2) is 0 Å². The molecule has 0 aromatic heterocycles. The minimum atomic E-state index is -1.13. The number of carbonyl (C=O) groups is 2. The Morgan fingerprint density at radius 2 is 1.74 bits per heavy atom. The molecular formula is C18H16O5. The minimum absolute atomic E-state index is 0.0267. The van der Waals surface area contributed by atoms with E-state index in [4.69, 9.17) is 4.74 Å². The maximum absolute atomic E-state index is 11.6. The molecule has 0 aliphatic carbocycles. The number of carboxylic acids is 2. The molecule has 0 unspecified atom stereocenters. The van der Waals surface area contributed by atoms with Crippen LogP contribution >= 0.6 is 0 Å². The van der Waals surface area contributed by atoms with Gasteiger partial charge in [-0.15, -0.1) is 0 Å². The zero-order valence-corrected chi connectivity index (χ0v) is 12.7. The monoisotopic (exact) mass is 312 g/mol. The maximum atomic E-state index is 11.6. The highest BCUT2D eigenvalue weighted by atomic mass is 16.5. The van der Waals surface area contributed by atoms with Gasteiger partial charge in [0.1, 0.15) is 5.75 Å². The van der Waals surface area contributed by atoms with Crippen molar-refractivity contribution in [2.75, 3.05) is 7.11 Å². The number of hydrogen-bond acceptors (Lipinski definition) is 3. The van der Waals surface area contributed by atoms with Crippen molar-refractivity contribution in [1.29, 1.82) is 0 Å². The van der Waals surface area contributed by atoms with Gasteiger partial charge in [-0.2, -0.15) is 0 Å². The van der Waals surface area contributed by atoms with Crippen molar-refractivity contribution in [2.24, 2.45) is 0 Å². The van der Waals surface area contributed by atoms with Crippen molar-refractivity contribution in [3.05, 3.63) is 64.7 Å². The third-order valence-corrected chi connectivity index (χ3v) is 3.45. The molecule has 2 aromatic carbocycles. The van der Waals surface area contributed by atoms with Crippen LogP contribution in [0.15, 0.2) is 42.5 Å². The standard InChI is InChI=1S/C18H16O5/c1-11-9-13(23-2)7-8-14(11)16(18(21)22)10-12-5-3-4-6-15(12)17(19)20/h3-10H,1-2H3,(H,19,20)(H,21,22)/b16-10-. The van der Waals surface area contributed by atoms with Gasteiger partial charge in [-0.3, -0.25) is 0 Å². The van der Waals surface area contributed by atoms with E-state index in [9.17, 15) is 19.8 Å². The lowest BCUT2D eigenvalue weighted by Crippen LogP contribution is -2.04. The Kier molecular flexibility index (Phi) is 4.81. The number of aliphatic carboxylic acids is 1.